The highest BCUT2D eigenvalue weighted by molar-refractivity contribution is 5.75. The molecule has 1 aliphatic heterocycles. The van der Waals surface area contributed by atoms with Crippen LogP contribution in [-0.2, 0) is 19.0 Å². The van der Waals surface area contributed by atoms with Crippen LogP contribution in [0, 0.1) is 5.82 Å². The first kappa shape index (κ1) is 27.7. The van der Waals surface area contributed by atoms with Gasteiger partial charge in [0.25, 0.3) is 0 Å². The predicted molar refractivity (Wildman–Crippen MR) is 139 cm³/mol. The van der Waals surface area contributed by atoms with E-state index in [1.54, 1.807) is 19.2 Å². The Hall–Kier alpha value is -2.84. The molecule has 8 heteroatoms. The average Bonchev–Trinajstić information content (AvgIpc) is 2.75. The van der Waals surface area contributed by atoms with Gasteiger partial charge in [0.1, 0.15) is 11.4 Å². The van der Waals surface area contributed by atoms with Gasteiger partial charge in [-0.1, -0.05) is 26.0 Å². The molecular weight excluding hydrogens is 461 g/mol. The molecule has 7 nitrogen and oxygen atoms in total. The quantitative estimate of drug-likeness (QED) is 0.461. The number of hydrogen-bond donors (Lipinski definition) is 1. The Balaban J connectivity index is 1.94. The number of halogens is 1. The minimum atomic E-state index is -0.868. The van der Waals surface area contributed by atoms with Gasteiger partial charge in [-0.3, -0.25) is 4.79 Å². The van der Waals surface area contributed by atoms with E-state index in [9.17, 15) is 9.18 Å². The number of nitrogens with zero attached hydrogens (tertiary/aromatic N) is 2. The van der Waals surface area contributed by atoms with Gasteiger partial charge in [0.15, 0.2) is 5.79 Å². The Morgan fingerprint density at radius 3 is 2.47 bits per heavy atom. The summed E-state index contributed by atoms with van der Waals surface area (Å²) in [6.07, 6.45) is 3.92. The van der Waals surface area contributed by atoms with Gasteiger partial charge in [-0.05, 0) is 64.8 Å². The number of carbonyl (C=O) groups is 1. The molecule has 1 fully saturated rings. The molecule has 1 aromatic heterocycles. The SMILES string of the molecule is CNc1nc(-c2ccc(F)cc2)c(C=C[C@@H]2C[C@H](CC(=O)OC(C)(C)C)OC(C)(C)O2)c(C(C)C)n1. The van der Waals surface area contributed by atoms with E-state index in [4.69, 9.17) is 24.2 Å². The summed E-state index contributed by atoms with van der Waals surface area (Å²) in [5.41, 5.74) is 2.63. The van der Waals surface area contributed by atoms with Crippen LogP contribution < -0.4 is 5.32 Å². The van der Waals surface area contributed by atoms with Crippen LogP contribution in [0.1, 0.15) is 78.5 Å². The molecule has 196 valence electrons. The van der Waals surface area contributed by atoms with Gasteiger partial charge in [-0.2, -0.15) is 0 Å². The van der Waals surface area contributed by atoms with Gasteiger partial charge < -0.3 is 19.5 Å². The van der Waals surface area contributed by atoms with Gasteiger partial charge in [0.2, 0.25) is 5.95 Å². The lowest BCUT2D eigenvalue weighted by atomic mass is 9.97. The Morgan fingerprint density at radius 2 is 1.89 bits per heavy atom. The lowest BCUT2D eigenvalue weighted by Crippen LogP contribution is -2.45. The maximum absolute atomic E-state index is 13.6. The van der Waals surface area contributed by atoms with E-state index in [-0.39, 0.29) is 36.3 Å². The first-order valence-corrected chi connectivity index (χ1v) is 12.4. The molecule has 0 amide bonds. The number of esters is 1. The van der Waals surface area contributed by atoms with Crippen LogP contribution in [0.25, 0.3) is 17.3 Å². The summed E-state index contributed by atoms with van der Waals surface area (Å²) in [5, 5.41) is 3.02. The molecule has 0 radical (unpaired) electrons. The van der Waals surface area contributed by atoms with E-state index in [2.05, 4.69) is 19.2 Å². The van der Waals surface area contributed by atoms with Crippen molar-refractivity contribution in [3.05, 3.63) is 47.4 Å². The molecule has 1 saturated heterocycles. The minimum Gasteiger partial charge on any atom is -0.460 e. The van der Waals surface area contributed by atoms with Gasteiger partial charge >= 0.3 is 5.97 Å². The van der Waals surface area contributed by atoms with Crippen LogP contribution in [0.3, 0.4) is 0 Å². The zero-order valence-corrected chi connectivity index (χ0v) is 22.5. The van der Waals surface area contributed by atoms with Crippen molar-refractivity contribution in [3.8, 4) is 11.3 Å². The highest BCUT2D eigenvalue weighted by Gasteiger charge is 2.36. The van der Waals surface area contributed by atoms with Crippen molar-refractivity contribution < 1.29 is 23.4 Å². The van der Waals surface area contributed by atoms with Crippen molar-refractivity contribution >= 4 is 18.0 Å². The number of carbonyl (C=O) groups excluding carboxylic acids is 1. The van der Waals surface area contributed by atoms with E-state index < -0.39 is 11.4 Å². The highest BCUT2D eigenvalue weighted by atomic mass is 19.1. The first-order valence-electron chi connectivity index (χ1n) is 12.4. The fourth-order valence-corrected chi connectivity index (χ4v) is 4.20. The molecule has 0 unspecified atom stereocenters. The number of benzene rings is 1. The van der Waals surface area contributed by atoms with Crippen LogP contribution in [-0.4, -0.2) is 46.6 Å². The second-order valence-corrected chi connectivity index (χ2v) is 10.8. The summed E-state index contributed by atoms with van der Waals surface area (Å²) < 4.78 is 31.3. The molecule has 0 aliphatic carbocycles. The summed E-state index contributed by atoms with van der Waals surface area (Å²) in [4.78, 5) is 21.8. The number of hydrogen-bond acceptors (Lipinski definition) is 7. The fraction of sp³-hybridized carbons (Fsp3) is 0.536. The zero-order valence-electron chi connectivity index (χ0n) is 22.5. The molecule has 3 rings (SSSR count). The van der Waals surface area contributed by atoms with Crippen LogP contribution >= 0.6 is 0 Å². The zero-order chi connectivity index (χ0) is 26.7. The molecule has 0 saturated carbocycles. The first-order chi connectivity index (χ1) is 16.8. The lowest BCUT2D eigenvalue weighted by molar-refractivity contribution is -0.290. The monoisotopic (exact) mass is 499 g/mol. The maximum Gasteiger partial charge on any atom is 0.308 e. The standard InChI is InChI=1S/C28H38FN3O4/c1-17(2)24-22(25(32-26(30-8)31-24)18-9-11-19(29)12-10-18)14-13-20-15-21(35-28(6,7)34-20)16-23(33)36-27(3,4)5/h9-14,17,20-21H,15-16H2,1-8H3,(H,30,31,32)/t20-,21-/m1/s1. The molecule has 36 heavy (non-hydrogen) atoms. The van der Waals surface area contributed by atoms with E-state index in [1.807, 2.05) is 46.8 Å². The third kappa shape index (κ3) is 7.58. The smallest absolute Gasteiger partial charge is 0.308 e. The van der Waals surface area contributed by atoms with Crippen molar-refractivity contribution in [3.63, 3.8) is 0 Å². The molecule has 1 aliphatic rings. The van der Waals surface area contributed by atoms with Gasteiger partial charge in [0.05, 0.1) is 30.0 Å². The van der Waals surface area contributed by atoms with E-state index in [1.165, 1.54) is 12.1 Å². The van der Waals surface area contributed by atoms with Gasteiger partial charge in [0, 0.05) is 24.6 Å². The molecule has 1 N–H and O–H groups in total. The Morgan fingerprint density at radius 1 is 1.22 bits per heavy atom. The normalized spacial score (nSPS) is 20.1. The number of ether oxygens (including phenoxy) is 3. The Labute approximate surface area is 213 Å². The number of anilines is 1. The maximum atomic E-state index is 13.6. The highest BCUT2D eigenvalue weighted by Crippen LogP contribution is 2.33. The van der Waals surface area contributed by atoms with Crippen molar-refractivity contribution in [2.24, 2.45) is 0 Å². The van der Waals surface area contributed by atoms with E-state index in [0.717, 1.165) is 16.8 Å². The topological polar surface area (TPSA) is 82.6 Å². The molecular formula is C28H38FN3O4. The van der Waals surface area contributed by atoms with Crippen molar-refractivity contribution in [1.82, 2.24) is 9.97 Å². The Kier molecular flexibility index (Phi) is 8.52. The second kappa shape index (κ2) is 11.0. The van der Waals surface area contributed by atoms with Crippen LogP contribution in [0.2, 0.25) is 0 Å². The van der Waals surface area contributed by atoms with Crippen LogP contribution in [0.4, 0.5) is 10.3 Å². The summed E-state index contributed by atoms with van der Waals surface area (Å²) >= 11 is 0. The second-order valence-electron chi connectivity index (χ2n) is 10.8. The molecule has 0 bridgehead atoms. The third-order valence-corrected chi connectivity index (χ3v) is 5.54. The number of nitrogens with one attached hydrogen (secondary N) is 1. The molecule has 0 spiro atoms. The van der Waals surface area contributed by atoms with Crippen LogP contribution in [0.15, 0.2) is 30.3 Å². The summed E-state index contributed by atoms with van der Waals surface area (Å²) in [6, 6.07) is 6.27. The predicted octanol–water partition coefficient (Wildman–Crippen LogP) is 6.10. The van der Waals surface area contributed by atoms with E-state index >= 15 is 0 Å². The van der Waals surface area contributed by atoms with Crippen molar-refractivity contribution in [2.45, 2.75) is 90.8 Å². The third-order valence-electron chi connectivity index (χ3n) is 5.54. The van der Waals surface area contributed by atoms with Gasteiger partial charge in [-0.25, -0.2) is 14.4 Å². The largest absolute Gasteiger partial charge is 0.460 e. The minimum absolute atomic E-state index is 0.117. The molecule has 2 heterocycles. The summed E-state index contributed by atoms with van der Waals surface area (Å²) in [6.45, 7) is 13.3. The fourth-order valence-electron chi connectivity index (χ4n) is 4.20. The van der Waals surface area contributed by atoms with Crippen molar-refractivity contribution in [1.29, 1.82) is 0 Å². The summed E-state index contributed by atoms with van der Waals surface area (Å²) in [5.74, 6) is -0.865. The molecule has 2 aromatic rings. The summed E-state index contributed by atoms with van der Waals surface area (Å²) in [7, 11) is 1.77. The van der Waals surface area contributed by atoms with Crippen molar-refractivity contribution in [2.75, 3.05) is 12.4 Å². The van der Waals surface area contributed by atoms with Gasteiger partial charge in [-0.15, -0.1) is 0 Å². The number of aromatic nitrogens is 2. The average molecular weight is 500 g/mol. The molecule has 2 atom stereocenters. The van der Waals surface area contributed by atoms with Crippen LogP contribution in [0.5, 0.6) is 0 Å². The number of rotatable bonds is 7. The Bertz CT molecular complexity index is 1090. The lowest BCUT2D eigenvalue weighted by Gasteiger charge is -2.39. The molecule has 1 aromatic carbocycles. The van der Waals surface area contributed by atoms with E-state index in [0.29, 0.717) is 18.1 Å².